The Kier molecular flexibility index (Phi) is 7.47. The van der Waals surface area contributed by atoms with Crippen molar-refractivity contribution in [3.8, 4) is 0 Å². The average Bonchev–Trinajstić information content (AvgIpc) is 3.29. The number of rotatable bonds is 4. The Morgan fingerprint density at radius 1 is 0.854 bits per heavy atom. The Hall–Kier alpha value is -0.460. The van der Waals surface area contributed by atoms with Crippen molar-refractivity contribution >= 4 is 0 Å². The average molecular weight is 573 g/mol. The molecule has 1 saturated heterocycles. The lowest BCUT2D eigenvalue weighted by molar-refractivity contribution is -0.271. The molecule has 0 aromatic heterocycles. The van der Waals surface area contributed by atoms with Gasteiger partial charge in [-0.1, -0.05) is 46.8 Å². The monoisotopic (exact) mass is 572 g/mol. The van der Waals surface area contributed by atoms with Gasteiger partial charge in [-0.2, -0.15) is 0 Å². The predicted molar refractivity (Wildman–Crippen MR) is 162 cm³/mol. The first-order chi connectivity index (χ1) is 19.1. The minimum atomic E-state index is -0.846. The summed E-state index contributed by atoms with van der Waals surface area (Å²) in [6, 6.07) is 0. The quantitative estimate of drug-likeness (QED) is 0.320. The summed E-state index contributed by atoms with van der Waals surface area (Å²) in [6.07, 6.45) is 9.69. The third kappa shape index (κ3) is 4.25. The maximum Gasteiger partial charge on any atom is 0.160 e. The van der Waals surface area contributed by atoms with Crippen LogP contribution in [-0.4, -0.2) is 52.6 Å². The van der Waals surface area contributed by atoms with E-state index in [1.807, 2.05) is 6.92 Å². The predicted octanol–water partition coefficient (Wildman–Crippen LogP) is 6.88. The molecule has 0 aromatic rings. The van der Waals surface area contributed by atoms with Crippen LogP contribution in [0.15, 0.2) is 12.2 Å². The minimum Gasteiger partial charge on any atom is -0.393 e. The van der Waals surface area contributed by atoms with Crippen molar-refractivity contribution in [2.45, 2.75) is 150 Å². The second-order valence-corrected chi connectivity index (χ2v) is 17.3. The van der Waals surface area contributed by atoms with Gasteiger partial charge in [-0.25, -0.2) is 0 Å². The number of allylic oxidation sites excluding steroid dienone is 1. The van der Waals surface area contributed by atoms with E-state index in [4.69, 9.17) is 9.47 Å². The summed E-state index contributed by atoms with van der Waals surface area (Å²) in [5.41, 5.74) is 2.34. The maximum atomic E-state index is 11.0. The van der Waals surface area contributed by atoms with Crippen LogP contribution in [0, 0.1) is 56.7 Å². The summed E-state index contributed by atoms with van der Waals surface area (Å²) in [6.45, 7) is 22.0. The summed E-state index contributed by atoms with van der Waals surface area (Å²) >= 11 is 0. The van der Waals surface area contributed by atoms with E-state index < -0.39 is 24.6 Å². The van der Waals surface area contributed by atoms with Crippen LogP contribution in [0.2, 0.25) is 0 Å². The first-order valence-corrected chi connectivity index (χ1v) is 17.1. The highest BCUT2D eigenvalue weighted by atomic mass is 16.7. The molecular formula is C36H60O5. The molecule has 5 heteroatoms. The van der Waals surface area contributed by atoms with Crippen molar-refractivity contribution < 1.29 is 24.8 Å². The fourth-order valence-corrected chi connectivity index (χ4v) is 12.9. The molecule has 6 rings (SSSR count). The van der Waals surface area contributed by atoms with E-state index in [9.17, 15) is 15.3 Å². The fourth-order valence-electron chi connectivity index (χ4n) is 12.9. The van der Waals surface area contributed by atoms with Crippen LogP contribution in [0.3, 0.4) is 0 Å². The van der Waals surface area contributed by atoms with Crippen molar-refractivity contribution in [1.29, 1.82) is 0 Å². The summed E-state index contributed by atoms with van der Waals surface area (Å²) < 4.78 is 12.6. The van der Waals surface area contributed by atoms with Crippen LogP contribution < -0.4 is 0 Å². The molecular weight excluding hydrogens is 512 g/mol. The minimum absolute atomic E-state index is 0.00997. The number of fused-ring (bicyclic) bond motifs is 7. The molecule has 5 nitrogen and oxygen atoms in total. The van der Waals surface area contributed by atoms with E-state index >= 15 is 0 Å². The molecule has 0 spiro atoms. The molecule has 41 heavy (non-hydrogen) atoms. The standard InChI is InChI=1S/C36H60O5/c1-21(2)23-11-16-36(20-40-29-19-25(37)31(39)22(3)41-29)18-17-34(7)24(30(23)36)9-10-27-33(6)14-13-28(38)32(4,5)26(33)12-15-35(27,34)8/h22-31,37-39H,1,9-20H2,2-8H3/t22-,23-,24+,25-,26-,27+,28-,29+,30+,31-,33-,34+,35+,36+/m0/s1. The van der Waals surface area contributed by atoms with Gasteiger partial charge in [-0.05, 0) is 135 Å². The molecule has 1 aliphatic heterocycles. The van der Waals surface area contributed by atoms with Crippen LogP contribution in [0.4, 0.5) is 0 Å². The molecule has 6 fully saturated rings. The van der Waals surface area contributed by atoms with Gasteiger partial charge in [-0.3, -0.25) is 0 Å². The van der Waals surface area contributed by atoms with E-state index in [1.165, 1.54) is 63.4 Å². The van der Waals surface area contributed by atoms with E-state index in [1.54, 1.807) is 0 Å². The number of hydrogen-bond acceptors (Lipinski definition) is 5. The van der Waals surface area contributed by atoms with Gasteiger partial charge in [0.15, 0.2) is 6.29 Å². The summed E-state index contributed by atoms with van der Waals surface area (Å²) in [5, 5.41) is 31.6. The zero-order chi connectivity index (χ0) is 29.8. The largest absolute Gasteiger partial charge is 0.393 e. The Bertz CT molecular complexity index is 1010. The first kappa shape index (κ1) is 30.6. The summed E-state index contributed by atoms with van der Waals surface area (Å²) in [7, 11) is 0. The van der Waals surface area contributed by atoms with Crippen LogP contribution in [0.1, 0.15) is 119 Å². The third-order valence-electron chi connectivity index (χ3n) is 15.5. The number of aliphatic hydroxyl groups is 3. The highest BCUT2D eigenvalue weighted by molar-refractivity contribution is 5.21. The van der Waals surface area contributed by atoms with Crippen molar-refractivity contribution in [2.75, 3.05) is 6.61 Å². The number of aliphatic hydroxyl groups excluding tert-OH is 3. The van der Waals surface area contributed by atoms with Crippen molar-refractivity contribution in [2.24, 2.45) is 56.7 Å². The Morgan fingerprint density at radius 3 is 2.27 bits per heavy atom. The molecule has 0 amide bonds. The van der Waals surface area contributed by atoms with Gasteiger partial charge in [0, 0.05) is 6.42 Å². The fraction of sp³-hybridized carbons (Fsp3) is 0.944. The molecule has 0 unspecified atom stereocenters. The topological polar surface area (TPSA) is 79.2 Å². The van der Waals surface area contributed by atoms with E-state index in [0.29, 0.717) is 53.4 Å². The third-order valence-corrected chi connectivity index (χ3v) is 15.5. The van der Waals surface area contributed by atoms with Gasteiger partial charge >= 0.3 is 0 Å². The van der Waals surface area contributed by atoms with Gasteiger partial charge in [-0.15, -0.1) is 0 Å². The summed E-state index contributed by atoms with van der Waals surface area (Å²) in [4.78, 5) is 0. The van der Waals surface area contributed by atoms with Gasteiger partial charge in [0.1, 0.15) is 6.10 Å². The molecule has 1 heterocycles. The highest BCUT2D eigenvalue weighted by Gasteiger charge is 2.70. The van der Waals surface area contributed by atoms with Gasteiger partial charge < -0.3 is 24.8 Å². The molecule has 5 aliphatic carbocycles. The van der Waals surface area contributed by atoms with E-state index in [-0.39, 0.29) is 22.3 Å². The van der Waals surface area contributed by atoms with Crippen LogP contribution in [-0.2, 0) is 9.47 Å². The lowest BCUT2D eigenvalue weighted by Gasteiger charge is -2.73. The molecule has 234 valence electrons. The number of hydrogen-bond donors (Lipinski definition) is 3. The van der Waals surface area contributed by atoms with Crippen molar-refractivity contribution in [1.82, 2.24) is 0 Å². The molecule has 5 saturated carbocycles. The van der Waals surface area contributed by atoms with Crippen LogP contribution in [0.5, 0.6) is 0 Å². The Balaban J connectivity index is 1.29. The highest BCUT2D eigenvalue weighted by Crippen LogP contribution is 2.77. The second-order valence-electron chi connectivity index (χ2n) is 17.3. The van der Waals surface area contributed by atoms with E-state index in [0.717, 1.165) is 6.42 Å². The second kappa shape index (κ2) is 10.0. The van der Waals surface area contributed by atoms with Gasteiger partial charge in [0.25, 0.3) is 0 Å². The SMILES string of the molecule is C=C(C)[C@@H]1CC[C@]2(CO[C@H]3C[C@H](O)[C@@H](O)[C@H](C)O3)CC[C@]3(C)[C@H](CC[C@@H]4[C@@]5(C)CC[C@H](O)C(C)(C)[C@@H]5CC[C@]43C)[C@@H]12. The molecule has 14 atom stereocenters. The Morgan fingerprint density at radius 2 is 1.59 bits per heavy atom. The summed E-state index contributed by atoms with van der Waals surface area (Å²) in [5.74, 6) is 3.07. The van der Waals surface area contributed by atoms with E-state index in [2.05, 4.69) is 48.1 Å². The maximum absolute atomic E-state index is 11.0. The zero-order valence-corrected chi connectivity index (χ0v) is 27.1. The van der Waals surface area contributed by atoms with Gasteiger partial charge in [0.2, 0.25) is 0 Å². The smallest absolute Gasteiger partial charge is 0.160 e. The number of ether oxygens (including phenoxy) is 2. The molecule has 0 radical (unpaired) electrons. The van der Waals surface area contributed by atoms with Crippen LogP contribution in [0.25, 0.3) is 0 Å². The van der Waals surface area contributed by atoms with Crippen molar-refractivity contribution in [3.63, 3.8) is 0 Å². The normalized spacial score (nSPS) is 56.2. The Labute approximate surface area is 249 Å². The van der Waals surface area contributed by atoms with Crippen molar-refractivity contribution in [3.05, 3.63) is 12.2 Å². The lowest BCUT2D eigenvalue weighted by atomic mass is 9.32. The molecule has 0 bridgehead atoms. The molecule has 6 aliphatic rings. The molecule has 3 N–H and O–H groups in total. The lowest BCUT2D eigenvalue weighted by Crippen LogP contribution is -2.66. The van der Waals surface area contributed by atoms with Crippen LogP contribution >= 0.6 is 0 Å². The molecule has 0 aromatic carbocycles. The first-order valence-electron chi connectivity index (χ1n) is 17.1. The van der Waals surface area contributed by atoms with Gasteiger partial charge in [0.05, 0.1) is 24.9 Å². The zero-order valence-electron chi connectivity index (χ0n) is 27.1.